The largest absolute Gasteiger partial charge is 0.488 e. The highest BCUT2D eigenvalue weighted by atomic mass is 79.9. The van der Waals surface area contributed by atoms with Gasteiger partial charge >= 0.3 is 0 Å². The third kappa shape index (κ3) is 5.38. The topological polar surface area (TPSA) is 21.3 Å². The molecule has 0 aliphatic heterocycles. The van der Waals surface area contributed by atoms with E-state index in [2.05, 4.69) is 48.1 Å². The van der Waals surface area contributed by atoms with Crippen molar-refractivity contribution < 1.29 is 4.74 Å². The van der Waals surface area contributed by atoms with Gasteiger partial charge in [-0.15, -0.1) is 0 Å². The fourth-order valence-corrected chi connectivity index (χ4v) is 3.02. The van der Waals surface area contributed by atoms with Crippen molar-refractivity contribution in [1.29, 1.82) is 0 Å². The molecule has 0 aliphatic carbocycles. The van der Waals surface area contributed by atoms with Gasteiger partial charge in [-0.3, -0.25) is 0 Å². The second-order valence-corrected chi connectivity index (χ2v) is 8.06. The molecule has 1 N–H and O–H groups in total. The molecule has 5 heteroatoms. The zero-order valence-corrected chi connectivity index (χ0v) is 17.2. The first-order chi connectivity index (χ1) is 11.3. The highest BCUT2D eigenvalue weighted by Crippen LogP contribution is 2.28. The Kier molecular flexibility index (Phi) is 6.99. The van der Waals surface area contributed by atoms with E-state index in [1.54, 1.807) is 0 Å². The maximum absolute atomic E-state index is 6.22. The number of hydrogen-bond donors (Lipinski definition) is 1. The number of rotatable bonds is 7. The lowest BCUT2D eigenvalue weighted by Crippen LogP contribution is -2.37. The minimum Gasteiger partial charge on any atom is -0.488 e. The summed E-state index contributed by atoms with van der Waals surface area (Å²) in [6.45, 7) is 7.62. The predicted octanol–water partition coefficient (Wildman–Crippen LogP) is 6.61. The lowest BCUT2D eigenvalue weighted by atomic mass is 10.0. The van der Waals surface area contributed by atoms with Crippen molar-refractivity contribution in [1.82, 2.24) is 5.32 Å². The highest BCUT2D eigenvalue weighted by molar-refractivity contribution is 9.10. The molecule has 0 saturated carbocycles. The van der Waals surface area contributed by atoms with Crippen LogP contribution in [0.15, 0.2) is 40.9 Å². The number of nitrogens with one attached hydrogen (secondary N) is 1. The quantitative estimate of drug-likeness (QED) is 0.533. The molecule has 2 aromatic rings. The van der Waals surface area contributed by atoms with Crippen LogP contribution >= 0.6 is 39.1 Å². The molecule has 0 unspecified atom stereocenters. The van der Waals surface area contributed by atoms with Crippen molar-refractivity contribution in [2.24, 2.45) is 0 Å². The van der Waals surface area contributed by atoms with Crippen molar-refractivity contribution in [3.63, 3.8) is 0 Å². The fourth-order valence-electron chi connectivity index (χ4n) is 2.11. The third-order valence-corrected chi connectivity index (χ3v) is 5.30. The molecular weight excluding hydrogens is 409 g/mol. The van der Waals surface area contributed by atoms with Gasteiger partial charge in [0.2, 0.25) is 0 Å². The summed E-state index contributed by atoms with van der Waals surface area (Å²) in [4.78, 5) is 0. The van der Waals surface area contributed by atoms with Crippen LogP contribution < -0.4 is 10.1 Å². The summed E-state index contributed by atoms with van der Waals surface area (Å²) in [7, 11) is 0. The number of hydrogen-bond acceptors (Lipinski definition) is 2. The first kappa shape index (κ1) is 19.6. The van der Waals surface area contributed by atoms with E-state index < -0.39 is 0 Å². The molecule has 2 aromatic carbocycles. The van der Waals surface area contributed by atoms with Gasteiger partial charge in [-0.25, -0.2) is 0 Å². The van der Waals surface area contributed by atoms with Crippen LogP contribution in [0.4, 0.5) is 0 Å². The molecule has 130 valence electrons. The monoisotopic (exact) mass is 429 g/mol. The second-order valence-electron chi connectivity index (χ2n) is 6.33. The zero-order valence-electron chi connectivity index (χ0n) is 14.1. The lowest BCUT2D eigenvalue weighted by molar-refractivity contribution is 0.298. The smallest absolute Gasteiger partial charge is 0.124 e. The average Bonchev–Trinajstić information content (AvgIpc) is 2.54. The Hall–Kier alpha value is -0.740. The van der Waals surface area contributed by atoms with Crippen LogP contribution in [0.3, 0.4) is 0 Å². The molecule has 0 aliphatic rings. The summed E-state index contributed by atoms with van der Waals surface area (Å²) < 4.78 is 7.03. The van der Waals surface area contributed by atoms with Crippen LogP contribution in [0.1, 0.15) is 38.3 Å². The molecule has 0 saturated heterocycles. The first-order valence-electron chi connectivity index (χ1n) is 7.91. The van der Waals surface area contributed by atoms with Crippen LogP contribution in [-0.4, -0.2) is 5.54 Å². The Balaban J connectivity index is 2.15. The molecule has 24 heavy (non-hydrogen) atoms. The fraction of sp³-hybridized carbons (Fsp3) is 0.368. The average molecular weight is 431 g/mol. The standard InChI is InChI=1S/C19H22BrCl2NO/c1-4-19(2,3)23-11-13-10-14(20)8-9-18(13)24-12-15-16(21)6-5-7-17(15)22/h5-10,23H,4,11-12H2,1-3H3. The molecule has 2 rings (SSSR count). The predicted molar refractivity (Wildman–Crippen MR) is 106 cm³/mol. The molecule has 0 fully saturated rings. The SMILES string of the molecule is CCC(C)(C)NCc1cc(Br)ccc1OCc1c(Cl)cccc1Cl. The zero-order chi connectivity index (χ0) is 17.7. The summed E-state index contributed by atoms with van der Waals surface area (Å²) in [6.07, 6.45) is 1.05. The van der Waals surface area contributed by atoms with E-state index in [-0.39, 0.29) is 5.54 Å². The Bertz CT molecular complexity index is 684. The van der Waals surface area contributed by atoms with Gasteiger partial charge in [-0.05, 0) is 50.6 Å². The summed E-state index contributed by atoms with van der Waals surface area (Å²) in [5, 5.41) is 4.79. The highest BCUT2D eigenvalue weighted by Gasteiger charge is 2.15. The summed E-state index contributed by atoms with van der Waals surface area (Å²) in [6, 6.07) is 11.5. The first-order valence-corrected chi connectivity index (χ1v) is 9.46. The van der Waals surface area contributed by atoms with Gasteiger partial charge in [0, 0.05) is 37.7 Å². The second kappa shape index (κ2) is 8.57. The van der Waals surface area contributed by atoms with Crippen molar-refractivity contribution in [2.75, 3.05) is 0 Å². The molecule has 2 nitrogen and oxygen atoms in total. The van der Waals surface area contributed by atoms with Crippen LogP contribution in [0, 0.1) is 0 Å². The third-order valence-electron chi connectivity index (χ3n) is 4.10. The minimum atomic E-state index is 0.0750. The van der Waals surface area contributed by atoms with Crippen molar-refractivity contribution >= 4 is 39.1 Å². The molecule has 0 bridgehead atoms. The summed E-state index contributed by atoms with van der Waals surface area (Å²) >= 11 is 16.0. The Morgan fingerprint density at radius 1 is 1.12 bits per heavy atom. The van der Waals surface area contributed by atoms with E-state index in [1.807, 2.05) is 30.3 Å². The van der Waals surface area contributed by atoms with Gasteiger partial charge in [-0.2, -0.15) is 0 Å². The van der Waals surface area contributed by atoms with Gasteiger partial charge in [0.25, 0.3) is 0 Å². The summed E-state index contributed by atoms with van der Waals surface area (Å²) in [5.74, 6) is 0.827. The van der Waals surface area contributed by atoms with E-state index in [0.717, 1.165) is 34.3 Å². The normalized spacial score (nSPS) is 11.6. The Labute approximate surface area is 162 Å². The number of benzene rings is 2. The van der Waals surface area contributed by atoms with Crippen molar-refractivity contribution in [3.05, 3.63) is 62.0 Å². The van der Waals surface area contributed by atoms with Gasteiger partial charge in [-0.1, -0.05) is 52.1 Å². The van der Waals surface area contributed by atoms with Crippen LogP contribution in [0.2, 0.25) is 10.0 Å². The maximum atomic E-state index is 6.22. The van der Waals surface area contributed by atoms with Gasteiger partial charge in [0.15, 0.2) is 0 Å². The Morgan fingerprint density at radius 2 is 1.79 bits per heavy atom. The van der Waals surface area contributed by atoms with Gasteiger partial charge < -0.3 is 10.1 Å². The summed E-state index contributed by atoms with van der Waals surface area (Å²) in [5.41, 5.74) is 1.97. The molecule has 0 heterocycles. The van der Waals surface area contributed by atoms with Crippen LogP contribution in [0.25, 0.3) is 0 Å². The van der Waals surface area contributed by atoms with E-state index in [9.17, 15) is 0 Å². The number of ether oxygens (including phenoxy) is 1. The Morgan fingerprint density at radius 3 is 2.42 bits per heavy atom. The van der Waals surface area contributed by atoms with E-state index in [0.29, 0.717) is 16.7 Å². The van der Waals surface area contributed by atoms with Gasteiger partial charge in [0.1, 0.15) is 12.4 Å². The minimum absolute atomic E-state index is 0.0750. The molecular formula is C19H22BrCl2NO. The van der Waals surface area contributed by atoms with Crippen molar-refractivity contribution in [2.45, 2.75) is 45.9 Å². The van der Waals surface area contributed by atoms with Crippen LogP contribution in [0.5, 0.6) is 5.75 Å². The van der Waals surface area contributed by atoms with E-state index in [1.165, 1.54) is 0 Å². The number of halogens is 3. The van der Waals surface area contributed by atoms with Gasteiger partial charge in [0.05, 0.1) is 0 Å². The van der Waals surface area contributed by atoms with E-state index in [4.69, 9.17) is 27.9 Å². The molecule has 0 spiro atoms. The van der Waals surface area contributed by atoms with Crippen LogP contribution in [-0.2, 0) is 13.2 Å². The molecule has 0 radical (unpaired) electrons. The van der Waals surface area contributed by atoms with Crippen molar-refractivity contribution in [3.8, 4) is 5.75 Å². The lowest BCUT2D eigenvalue weighted by Gasteiger charge is -2.25. The molecule has 0 aromatic heterocycles. The molecule has 0 amide bonds. The van der Waals surface area contributed by atoms with E-state index >= 15 is 0 Å². The molecule has 0 atom stereocenters. The maximum Gasteiger partial charge on any atom is 0.124 e.